The average Bonchev–Trinajstić information content (AvgIpc) is 1.94. The minimum Gasteiger partial charge on any atom is -0.0867 e. The highest BCUT2D eigenvalue weighted by Crippen LogP contribution is 2.63. The molecule has 0 saturated heterocycles. The second-order valence-electron chi connectivity index (χ2n) is 8.15. The van der Waals surface area contributed by atoms with Crippen molar-refractivity contribution in [3.8, 4) is 0 Å². The number of rotatable bonds is 2. The van der Waals surface area contributed by atoms with Crippen LogP contribution in [0.2, 0.25) is 5.21 Å². The predicted octanol–water partition coefficient (Wildman–Crippen LogP) is 2.00. The molecule has 4 rings (SSSR count). The van der Waals surface area contributed by atoms with Crippen molar-refractivity contribution in [3.05, 3.63) is 0 Å². The van der Waals surface area contributed by atoms with Gasteiger partial charge in [0.1, 0.15) is 0 Å². The molecule has 0 spiro atoms. The van der Waals surface area contributed by atoms with Crippen molar-refractivity contribution < 1.29 is 0 Å². The Morgan fingerprint density at radius 2 is 1.40 bits per heavy atom. The largest absolute Gasteiger partial charge is 0.0988 e. The number of hydrogen-bond donors (Lipinski definition) is 0. The van der Waals surface area contributed by atoms with Crippen LogP contribution in [0.15, 0.2) is 0 Å². The minimum atomic E-state index is 0.547. The predicted molar refractivity (Wildman–Crippen MR) is 70.7 cm³/mol. The summed E-state index contributed by atoms with van der Waals surface area (Å²) in [6, 6.07) is 0. The van der Waals surface area contributed by atoms with Gasteiger partial charge in [0.2, 0.25) is 0 Å². The first-order valence-electron chi connectivity index (χ1n) is 6.94. The van der Waals surface area contributed by atoms with Crippen molar-refractivity contribution >= 4 is 15.7 Å². The van der Waals surface area contributed by atoms with Gasteiger partial charge in [-0.2, -0.15) is 0 Å². The maximum Gasteiger partial charge on any atom is 0.0988 e. The van der Waals surface area contributed by atoms with Crippen LogP contribution in [0.5, 0.6) is 0 Å². The molecule has 4 saturated carbocycles. The molecule has 4 fully saturated rings. The first kappa shape index (κ1) is 10.3. The molecule has 0 radical (unpaired) electrons. The van der Waals surface area contributed by atoms with Crippen molar-refractivity contribution in [2.45, 2.75) is 57.1 Å². The molecule has 0 aromatic heterocycles. The van der Waals surface area contributed by atoms with Gasteiger partial charge in [-0.15, -0.1) is 0 Å². The smallest absolute Gasteiger partial charge is 0.0867 e. The van der Waals surface area contributed by atoms with Gasteiger partial charge in [-0.3, -0.25) is 0 Å². The third-order valence-corrected chi connectivity index (χ3v) is 5.07. The highest BCUT2D eigenvalue weighted by Gasteiger charge is 2.51. The van der Waals surface area contributed by atoms with E-state index in [1.165, 1.54) is 6.42 Å². The molecule has 0 nitrogen and oxygen atoms in total. The average molecular weight is 202 g/mol. The summed E-state index contributed by atoms with van der Waals surface area (Å²) in [6.07, 6.45) is 11.0. The Kier molecular flexibility index (Phi) is 2.11. The fraction of sp³-hybridized carbons (Fsp3) is 1.00. The summed E-state index contributed by atoms with van der Waals surface area (Å²) in [5, 5.41) is 0.547. The van der Waals surface area contributed by atoms with Gasteiger partial charge in [0.15, 0.2) is 0 Å². The van der Waals surface area contributed by atoms with Gasteiger partial charge in [0, 0.05) is 0 Å². The molecule has 15 heavy (non-hydrogen) atoms. The maximum atomic E-state index is 2.44. The van der Waals surface area contributed by atoms with Crippen LogP contribution >= 0.6 is 0 Å². The molecule has 4 bridgehead atoms. The van der Waals surface area contributed by atoms with Gasteiger partial charge in [-0.1, -0.05) is 18.6 Å². The Hall–Kier alpha value is 0.130. The maximum absolute atomic E-state index is 2.44. The lowest BCUT2D eigenvalue weighted by Gasteiger charge is -2.58. The highest BCUT2D eigenvalue weighted by molar-refractivity contribution is 6.39. The van der Waals surface area contributed by atoms with E-state index in [4.69, 9.17) is 0 Å². The van der Waals surface area contributed by atoms with E-state index in [0.717, 1.165) is 23.2 Å². The molecule has 4 aliphatic rings. The third kappa shape index (κ3) is 1.89. The molecule has 0 amide bonds. The monoisotopic (exact) mass is 202 g/mol. The van der Waals surface area contributed by atoms with E-state index in [1.54, 1.807) is 38.5 Å². The molecule has 0 unspecified atom stereocenters. The normalized spacial score (nSPS) is 48.5. The van der Waals surface area contributed by atoms with Gasteiger partial charge in [-0.25, -0.2) is 0 Å². The van der Waals surface area contributed by atoms with Crippen molar-refractivity contribution in [1.29, 1.82) is 0 Å². The standard InChI is InChI=1S/C13H24B2/c1-12(14,15)8-13-5-9-2-10(6-13)4-11(3-9)7-13/h9-11H,2-8,14-15H2,1H3. The van der Waals surface area contributed by atoms with Crippen LogP contribution in [0.25, 0.3) is 0 Å². The second-order valence-corrected chi connectivity index (χ2v) is 8.15. The SMILES string of the molecule is BC(B)(C)CC12CC3CC(CC(C3)C1)C2. The molecule has 4 aliphatic carbocycles. The van der Waals surface area contributed by atoms with E-state index in [1.807, 2.05) is 0 Å². The zero-order valence-corrected chi connectivity index (χ0v) is 10.7. The second kappa shape index (κ2) is 3.08. The van der Waals surface area contributed by atoms with Gasteiger partial charge in [-0.05, 0) is 61.7 Å². The highest BCUT2D eigenvalue weighted by atomic mass is 14.6. The van der Waals surface area contributed by atoms with E-state index < -0.39 is 0 Å². The van der Waals surface area contributed by atoms with Crippen LogP contribution in [0.4, 0.5) is 0 Å². The van der Waals surface area contributed by atoms with Crippen LogP contribution in [0.1, 0.15) is 51.9 Å². The molecule has 0 N–H and O–H groups in total. The fourth-order valence-corrected chi connectivity index (χ4v) is 5.63. The molecule has 2 heteroatoms. The van der Waals surface area contributed by atoms with Crippen LogP contribution in [-0.2, 0) is 0 Å². The molecule has 0 aromatic rings. The van der Waals surface area contributed by atoms with Gasteiger partial charge < -0.3 is 0 Å². The Morgan fingerprint density at radius 3 is 1.73 bits per heavy atom. The van der Waals surface area contributed by atoms with E-state index in [2.05, 4.69) is 22.6 Å². The lowest BCUT2D eigenvalue weighted by molar-refractivity contribution is -0.0590. The summed E-state index contributed by atoms with van der Waals surface area (Å²) >= 11 is 0. The molecule has 0 atom stereocenters. The lowest BCUT2D eigenvalue weighted by Crippen LogP contribution is -2.47. The van der Waals surface area contributed by atoms with Crippen LogP contribution in [0.3, 0.4) is 0 Å². The van der Waals surface area contributed by atoms with Crippen LogP contribution < -0.4 is 0 Å². The summed E-state index contributed by atoms with van der Waals surface area (Å²) in [4.78, 5) is 0. The van der Waals surface area contributed by atoms with Crippen molar-refractivity contribution in [2.24, 2.45) is 23.2 Å². The quantitative estimate of drug-likeness (QED) is 0.600. The molecular formula is C13H24B2. The Morgan fingerprint density at radius 1 is 1.00 bits per heavy atom. The van der Waals surface area contributed by atoms with E-state index >= 15 is 0 Å². The van der Waals surface area contributed by atoms with E-state index in [9.17, 15) is 0 Å². The molecule has 0 heterocycles. The molecule has 0 aliphatic heterocycles. The molecule has 82 valence electrons. The van der Waals surface area contributed by atoms with Crippen LogP contribution in [0, 0.1) is 23.2 Å². The van der Waals surface area contributed by atoms with Gasteiger partial charge in [0.05, 0.1) is 15.7 Å². The van der Waals surface area contributed by atoms with Crippen molar-refractivity contribution in [2.75, 3.05) is 0 Å². The summed E-state index contributed by atoms with van der Waals surface area (Å²) in [7, 11) is 4.87. The topological polar surface area (TPSA) is 0 Å². The molecular weight excluding hydrogens is 178 g/mol. The molecule has 0 aromatic carbocycles. The Balaban J connectivity index is 1.81. The zero-order valence-electron chi connectivity index (χ0n) is 10.7. The summed E-state index contributed by atoms with van der Waals surface area (Å²) in [6.45, 7) is 2.44. The first-order chi connectivity index (χ1) is 6.94. The Bertz CT molecular complexity index is 229. The van der Waals surface area contributed by atoms with Crippen LogP contribution in [-0.4, -0.2) is 15.7 Å². The zero-order chi connectivity index (χ0) is 10.7. The van der Waals surface area contributed by atoms with Crippen molar-refractivity contribution in [3.63, 3.8) is 0 Å². The minimum absolute atomic E-state index is 0.547. The third-order valence-electron chi connectivity index (χ3n) is 5.07. The Labute approximate surface area is 96.4 Å². The first-order valence-corrected chi connectivity index (χ1v) is 6.94. The van der Waals surface area contributed by atoms with E-state index in [0.29, 0.717) is 5.21 Å². The number of hydrogen-bond acceptors (Lipinski definition) is 0. The van der Waals surface area contributed by atoms with E-state index in [-0.39, 0.29) is 0 Å². The summed E-state index contributed by atoms with van der Waals surface area (Å²) in [5.41, 5.74) is 0.785. The summed E-state index contributed by atoms with van der Waals surface area (Å²) in [5.74, 6) is 3.37. The lowest BCUT2D eigenvalue weighted by atomic mass is 9.42. The van der Waals surface area contributed by atoms with Gasteiger partial charge in [0.25, 0.3) is 0 Å². The van der Waals surface area contributed by atoms with Gasteiger partial charge >= 0.3 is 0 Å². The summed E-state index contributed by atoms with van der Waals surface area (Å²) < 4.78 is 0. The fourth-order valence-electron chi connectivity index (χ4n) is 5.63. The van der Waals surface area contributed by atoms with Crippen molar-refractivity contribution in [1.82, 2.24) is 0 Å².